The van der Waals surface area contributed by atoms with Crippen molar-refractivity contribution in [1.82, 2.24) is 4.90 Å². The number of ether oxygens (including phenoxy) is 5. The van der Waals surface area contributed by atoms with Crippen LogP contribution in [-0.2, 0) is 38.1 Å². The van der Waals surface area contributed by atoms with E-state index in [1.807, 2.05) is 63.3 Å². The van der Waals surface area contributed by atoms with Crippen molar-refractivity contribution < 1.29 is 62.6 Å². The molecule has 73 heavy (non-hydrogen) atoms. The number of hydrogen-bond donors (Lipinski definition) is 3. The molecule has 14 unspecified atom stereocenters. The first-order chi connectivity index (χ1) is 34.3. The minimum Gasteiger partial charge on any atom is -0.543 e. The minimum atomic E-state index is -2.53. The second-order valence-electron chi connectivity index (χ2n) is 23.6. The number of esters is 1. The molecule has 0 spiro atoms. The predicted octanol–water partition coefficient (Wildman–Crippen LogP) is 9.44. The van der Waals surface area contributed by atoms with Crippen LogP contribution in [0.15, 0.2) is 59.7 Å². The first kappa shape index (κ1) is 58.3. The van der Waals surface area contributed by atoms with Crippen molar-refractivity contribution in [3.8, 4) is 11.5 Å². The van der Waals surface area contributed by atoms with E-state index in [4.69, 9.17) is 28.1 Å². The lowest BCUT2D eigenvalue weighted by Gasteiger charge is -2.47. The number of amides is 1. The average molecular weight is 1030 g/mol. The average Bonchev–Trinajstić information content (AvgIpc) is 3.34. The van der Waals surface area contributed by atoms with Gasteiger partial charge in [0.25, 0.3) is 11.7 Å². The van der Waals surface area contributed by atoms with E-state index in [-0.39, 0.29) is 48.5 Å². The van der Waals surface area contributed by atoms with E-state index in [0.717, 1.165) is 22.1 Å². The van der Waals surface area contributed by atoms with Crippen LogP contribution < -0.4 is 9.16 Å². The van der Waals surface area contributed by atoms with Crippen molar-refractivity contribution in [3.63, 3.8) is 0 Å². The summed E-state index contributed by atoms with van der Waals surface area (Å²) in [6, 6.07) is 10.8. The number of nitrogens with zero attached hydrogens (tertiary/aromatic N) is 1. The fourth-order valence-corrected chi connectivity index (χ4v) is 12.3. The molecule has 14 nitrogen and oxygen atoms in total. The summed E-state index contributed by atoms with van der Waals surface area (Å²) in [5.41, 5.74) is 1.61. The van der Waals surface area contributed by atoms with E-state index in [0.29, 0.717) is 62.7 Å². The van der Waals surface area contributed by atoms with E-state index >= 15 is 0 Å². The van der Waals surface area contributed by atoms with Gasteiger partial charge in [-0.1, -0.05) is 78.3 Å². The second kappa shape index (κ2) is 24.4. The number of carbonyl (C=O) groups is 4. The van der Waals surface area contributed by atoms with Gasteiger partial charge in [0, 0.05) is 44.9 Å². The van der Waals surface area contributed by atoms with Crippen LogP contribution in [-0.4, -0.2) is 127 Å². The van der Waals surface area contributed by atoms with Crippen LogP contribution >= 0.6 is 0 Å². The summed E-state index contributed by atoms with van der Waals surface area (Å²) in [5.74, 6) is -6.33. The van der Waals surface area contributed by atoms with Crippen molar-refractivity contribution in [2.45, 2.75) is 206 Å². The largest absolute Gasteiger partial charge is 0.543 e. The first-order valence-electron chi connectivity index (χ1n) is 27.0. The molecular weight excluding hydrogens is 947 g/mol. The molecule has 1 aliphatic carbocycles. The standard InChI is InChI=1S/C58H87NO13Si/c1-14-40-26-34(2)25-35(3)27-50(67-10)53-51(68-11)29-37(5)58(66,71-53)54(63)55(64)59-24-16-15-17-45(59)56(65)70-52(38(6)46(60)33-47(40)61)36(4)28-39-18-23-49(48(62)30-39)69-43-21-19-42-32-44(22-20-41(42)31-43)72-73(12,13)57(7,8)9/h19-22,26,28,31-32,35,37-40,45-46,48-53,60,62,66H,14-18,23-25,27,29-30,33H2,1-13H3. The fourth-order valence-electron chi connectivity index (χ4n) is 11.2. The monoisotopic (exact) mass is 1030 g/mol. The number of hydrogen-bond acceptors (Lipinski definition) is 13. The van der Waals surface area contributed by atoms with Crippen molar-refractivity contribution in [1.29, 1.82) is 0 Å². The maximum Gasteiger partial charge on any atom is 0.329 e. The number of carbonyl (C=O) groups excluding carboxylic acids is 4. The second-order valence-corrected chi connectivity index (χ2v) is 28.3. The molecule has 4 aliphatic rings. The lowest BCUT2D eigenvalue weighted by atomic mass is 9.81. The Labute approximate surface area is 435 Å². The zero-order valence-electron chi connectivity index (χ0n) is 46.0. The van der Waals surface area contributed by atoms with Gasteiger partial charge in [0.1, 0.15) is 41.6 Å². The number of benzene rings is 2. The maximum atomic E-state index is 14.6. The third-order valence-corrected chi connectivity index (χ3v) is 21.2. The Morgan fingerprint density at radius 1 is 0.863 bits per heavy atom. The maximum absolute atomic E-state index is 14.6. The molecule has 15 heteroatoms. The summed E-state index contributed by atoms with van der Waals surface area (Å²) in [7, 11) is 1.05. The van der Waals surface area contributed by atoms with Crippen LogP contribution in [0.2, 0.25) is 18.1 Å². The topological polar surface area (TPSA) is 188 Å². The molecule has 2 saturated heterocycles. The lowest BCUT2D eigenvalue weighted by Crippen LogP contribution is -2.64. The van der Waals surface area contributed by atoms with Gasteiger partial charge in [-0.05, 0) is 149 Å². The molecule has 3 fully saturated rings. The molecule has 14 atom stereocenters. The Balaban J connectivity index is 1.25. The van der Waals surface area contributed by atoms with Crippen LogP contribution in [0, 0.1) is 29.6 Å². The Morgan fingerprint density at radius 3 is 2.14 bits per heavy atom. The number of piperidine rings is 1. The van der Waals surface area contributed by atoms with Crippen molar-refractivity contribution in [2.24, 2.45) is 29.6 Å². The van der Waals surface area contributed by atoms with E-state index in [1.165, 1.54) is 19.1 Å². The van der Waals surface area contributed by atoms with Crippen LogP contribution in [0.3, 0.4) is 0 Å². The van der Waals surface area contributed by atoms with Crippen LogP contribution in [0.4, 0.5) is 0 Å². The first-order valence-corrected chi connectivity index (χ1v) is 29.9. The molecule has 6 rings (SSSR count). The number of rotatable bonds is 9. The molecule has 2 aromatic carbocycles. The van der Waals surface area contributed by atoms with Crippen molar-refractivity contribution >= 4 is 42.5 Å². The number of methoxy groups -OCH3 is 2. The van der Waals surface area contributed by atoms with E-state index in [9.17, 15) is 34.5 Å². The number of allylic oxidation sites excluding steroid dienone is 3. The molecular formula is C58H87NO13Si. The fraction of sp³-hybridized carbons (Fsp3) is 0.690. The highest BCUT2D eigenvalue weighted by Crippen LogP contribution is 2.41. The Hall–Kier alpha value is -3.96. The highest BCUT2D eigenvalue weighted by atomic mass is 28.4. The number of cyclic esters (lactones) is 1. The van der Waals surface area contributed by atoms with E-state index in [2.05, 4.69) is 46.9 Å². The quantitative estimate of drug-likeness (QED) is 0.0934. The molecule has 2 aromatic rings. The highest BCUT2D eigenvalue weighted by Gasteiger charge is 2.57. The number of aliphatic hydroxyl groups excluding tert-OH is 2. The van der Waals surface area contributed by atoms with Crippen LogP contribution in [0.25, 0.3) is 10.8 Å². The number of fused-ring (bicyclic) bond motifs is 4. The molecule has 3 aliphatic heterocycles. The summed E-state index contributed by atoms with van der Waals surface area (Å²) in [6.07, 6.45) is 2.87. The zero-order chi connectivity index (χ0) is 53.7. The SMILES string of the molecule is CCC1C=C(C)CC(C)CC(OC)C2OC(O)(C(=O)C(=O)N3CCCCC3C(=O)OC(C(C)=CC3CCC(Oc4ccc5cc(O[Si](C)(C)C(C)(C)C)ccc5c4)C(O)C3)C(C)C(O)CC1=O)C(C)CC2OC. The van der Waals surface area contributed by atoms with Gasteiger partial charge in [-0.3, -0.25) is 14.4 Å². The van der Waals surface area contributed by atoms with Gasteiger partial charge >= 0.3 is 5.97 Å². The zero-order valence-corrected chi connectivity index (χ0v) is 47.0. The molecule has 406 valence electrons. The Bertz CT molecular complexity index is 2320. The lowest BCUT2D eigenvalue weighted by molar-refractivity contribution is -0.302. The third kappa shape index (κ3) is 13.7. The minimum absolute atomic E-state index is 0.0169. The molecule has 0 radical (unpaired) electrons. The van der Waals surface area contributed by atoms with Crippen LogP contribution in [0.5, 0.6) is 11.5 Å². The normalized spacial score (nSPS) is 34.4. The van der Waals surface area contributed by atoms with E-state index < -0.39 is 98.3 Å². The number of ketones is 2. The van der Waals surface area contributed by atoms with Gasteiger partial charge in [-0.15, -0.1) is 0 Å². The Morgan fingerprint density at radius 2 is 1.51 bits per heavy atom. The number of aliphatic hydroxyl groups is 3. The van der Waals surface area contributed by atoms with Gasteiger partial charge in [-0.25, -0.2) is 4.79 Å². The molecule has 3 N–H and O–H groups in total. The third-order valence-electron chi connectivity index (χ3n) is 16.8. The molecule has 1 amide bonds. The molecule has 1 saturated carbocycles. The van der Waals surface area contributed by atoms with E-state index in [1.54, 1.807) is 13.8 Å². The van der Waals surface area contributed by atoms with Gasteiger partial charge in [-0.2, -0.15) is 0 Å². The molecule has 2 bridgehead atoms. The predicted molar refractivity (Wildman–Crippen MR) is 283 cm³/mol. The van der Waals surface area contributed by atoms with Crippen molar-refractivity contribution in [3.05, 3.63) is 59.7 Å². The number of Topliss-reactive ketones (excluding diaryl/α,β-unsaturated/α-hetero) is 2. The van der Waals surface area contributed by atoms with Gasteiger partial charge < -0.3 is 48.3 Å². The van der Waals surface area contributed by atoms with Crippen LogP contribution in [0.1, 0.15) is 133 Å². The summed E-state index contributed by atoms with van der Waals surface area (Å²) in [4.78, 5) is 58.6. The Kier molecular flexibility index (Phi) is 19.5. The summed E-state index contributed by atoms with van der Waals surface area (Å²) < 4.78 is 37.5. The van der Waals surface area contributed by atoms with Crippen molar-refractivity contribution in [2.75, 3.05) is 20.8 Å². The van der Waals surface area contributed by atoms with Gasteiger partial charge in [0.2, 0.25) is 14.1 Å². The smallest absolute Gasteiger partial charge is 0.329 e. The van der Waals surface area contributed by atoms with Gasteiger partial charge in [0.15, 0.2) is 0 Å². The summed E-state index contributed by atoms with van der Waals surface area (Å²) in [5, 5.41) is 37.7. The molecule has 3 heterocycles. The van der Waals surface area contributed by atoms with Gasteiger partial charge in [0.05, 0.1) is 24.4 Å². The highest BCUT2D eigenvalue weighted by molar-refractivity contribution is 6.74. The summed E-state index contributed by atoms with van der Waals surface area (Å²) in [6.45, 7) is 22.4. The molecule has 0 aromatic heterocycles. The summed E-state index contributed by atoms with van der Waals surface area (Å²) >= 11 is 0.